The molecule has 1 unspecified atom stereocenters. The fraction of sp³-hybridized carbons (Fsp3) is 0.857. The van der Waals surface area contributed by atoms with Crippen LogP contribution in [-0.4, -0.2) is 42.9 Å². The van der Waals surface area contributed by atoms with Gasteiger partial charge in [0.25, 0.3) is 10.2 Å². The van der Waals surface area contributed by atoms with E-state index in [9.17, 15) is 13.2 Å². The Hall–Kier alpha value is -0.660. The van der Waals surface area contributed by atoms with E-state index >= 15 is 0 Å². The highest BCUT2D eigenvalue weighted by Crippen LogP contribution is 2.12. The standard InChI is InChI=1S/C7H14N2O4S/c1-5(2)3-9-4-6(7(10)11)8-14(9,12)13/h5-6,8H,3-4H2,1-2H3,(H,10,11). The molecule has 1 rings (SSSR count). The number of hydrogen-bond donors (Lipinski definition) is 2. The van der Waals surface area contributed by atoms with E-state index in [1.54, 1.807) is 0 Å². The van der Waals surface area contributed by atoms with Gasteiger partial charge in [0.15, 0.2) is 0 Å². The molecule has 0 amide bonds. The second-order valence-electron chi connectivity index (χ2n) is 3.72. The number of carboxylic acids is 1. The molecule has 82 valence electrons. The lowest BCUT2D eigenvalue weighted by Crippen LogP contribution is -2.34. The molecule has 0 spiro atoms. The zero-order chi connectivity index (χ0) is 10.9. The first-order valence-corrected chi connectivity index (χ1v) is 5.77. The van der Waals surface area contributed by atoms with Crippen LogP contribution in [0, 0.1) is 5.92 Å². The Balaban J connectivity index is 2.74. The Bertz CT molecular complexity index is 325. The lowest BCUT2D eigenvalue weighted by atomic mass is 10.2. The summed E-state index contributed by atoms with van der Waals surface area (Å²) in [6, 6.07) is -1.02. The van der Waals surface area contributed by atoms with Crippen molar-refractivity contribution in [3.63, 3.8) is 0 Å². The highest BCUT2D eigenvalue weighted by atomic mass is 32.2. The minimum atomic E-state index is -3.57. The molecule has 0 aromatic rings. The van der Waals surface area contributed by atoms with Crippen LogP contribution in [0.25, 0.3) is 0 Å². The van der Waals surface area contributed by atoms with Gasteiger partial charge in [0.05, 0.1) is 0 Å². The predicted molar refractivity (Wildman–Crippen MR) is 49.9 cm³/mol. The molecule has 14 heavy (non-hydrogen) atoms. The first-order chi connectivity index (χ1) is 6.33. The lowest BCUT2D eigenvalue weighted by molar-refractivity contribution is -0.138. The maximum Gasteiger partial charge on any atom is 0.323 e. The maximum absolute atomic E-state index is 11.4. The summed E-state index contributed by atoms with van der Waals surface area (Å²) in [5, 5.41) is 8.64. The minimum absolute atomic E-state index is 0.00977. The number of carbonyl (C=O) groups is 1. The van der Waals surface area contributed by atoms with Crippen LogP contribution < -0.4 is 4.72 Å². The number of nitrogens with one attached hydrogen (secondary N) is 1. The van der Waals surface area contributed by atoms with Crippen LogP contribution in [-0.2, 0) is 15.0 Å². The highest BCUT2D eigenvalue weighted by Gasteiger charge is 2.39. The minimum Gasteiger partial charge on any atom is -0.480 e. The topological polar surface area (TPSA) is 86.7 Å². The molecule has 0 radical (unpaired) electrons. The molecular formula is C7H14N2O4S. The van der Waals surface area contributed by atoms with Crippen molar-refractivity contribution in [3.05, 3.63) is 0 Å². The van der Waals surface area contributed by atoms with Gasteiger partial charge in [0.2, 0.25) is 0 Å². The lowest BCUT2D eigenvalue weighted by Gasteiger charge is -2.14. The third kappa shape index (κ3) is 2.43. The maximum atomic E-state index is 11.4. The molecule has 6 nitrogen and oxygen atoms in total. The fourth-order valence-electron chi connectivity index (χ4n) is 1.30. The van der Waals surface area contributed by atoms with E-state index in [1.165, 1.54) is 0 Å². The monoisotopic (exact) mass is 222 g/mol. The van der Waals surface area contributed by atoms with Gasteiger partial charge in [-0.25, -0.2) is 0 Å². The predicted octanol–water partition coefficient (Wildman–Crippen LogP) is -0.754. The Morgan fingerprint density at radius 1 is 1.64 bits per heavy atom. The number of hydrogen-bond acceptors (Lipinski definition) is 3. The Labute approximate surface area is 83.1 Å². The van der Waals surface area contributed by atoms with Crippen molar-refractivity contribution in [3.8, 4) is 0 Å². The first kappa shape index (κ1) is 11.4. The van der Waals surface area contributed by atoms with E-state index in [0.29, 0.717) is 6.54 Å². The summed E-state index contributed by atoms with van der Waals surface area (Å²) < 4.78 is 26.0. The van der Waals surface area contributed by atoms with Crippen molar-refractivity contribution < 1.29 is 18.3 Å². The molecule has 1 aliphatic heterocycles. The van der Waals surface area contributed by atoms with Gasteiger partial charge in [-0.1, -0.05) is 13.8 Å². The van der Waals surface area contributed by atoms with Crippen LogP contribution in [0.15, 0.2) is 0 Å². The van der Waals surface area contributed by atoms with Gasteiger partial charge in [-0.05, 0) is 5.92 Å². The zero-order valence-electron chi connectivity index (χ0n) is 8.10. The van der Waals surface area contributed by atoms with Crippen LogP contribution in [0.4, 0.5) is 0 Å². The highest BCUT2D eigenvalue weighted by molar-refractivity contribution is 7.87. The number of nitrogens with zero attached hydrogens (tertiary/aromatic N) is 1. The summed E-state index contributed by atoms with van der Waals surface area (Å²) in [6.45, 7) is 4.11. The van der Waals surface area contributed by atoms with Crippen molar-refractivity contribution >= 4 is 16.2 Å². The van der Waals surface area contributed by atoms with Crippen LogP contribution in [0.3, 0.4) is 0 Å². The normalized spacial score (nSPS) is 26.9. The number of aliphatic carboxylic acids is 1. The van der Waals surface area contributed by atoms with Crippen molar-refractivity contribution in [2.45, 2.75) is 19.9 Å². The molecule has 1 atom stereocenters. The molecule has 1 aliphatic rings. The van der Waals surface area contributed by atoms with Crippen LogP contribution in [0.2, 0.25) is 0 Å². The van der Waals surface area contributed by atoms with Gasteiger partial charge in [0.1, 0.15) is 6.04 Å². The second-order valence-corrected chi connectivity index (χ2v) is 5.43. The Kier molecular flexibility index (Phi) is 3.13. The van der Waals surface area contributed by atoms with E-state index in [1.807, 2.05) is 13.8 Å². The second kappa shape index (κ2) is 3.84. The molecule has 1 saturated heterocycles. The van der Waals surface area contributed by atoms with Crippen LogP contribution >= 0.6 is 0 Å². The van der Waals surface area contributed by atoms with Crippen molar-refractivity contribution in [1.29, 1.82) is 0 Å². The average Bonchev–Trinajstić information content (AvgIpc) is 2.26. The largest absolute Gasteiger partial charge is 0.480 e. The van der Waals surface area contributed by atoms with Gasteiger partial charge in [-0.15, -0.1) is 0 Å². The molecule has 0 aliphatic carbocycles. The van der Waals surface area contributed by atoms with Crippen LogP contribution in [0.1, 0.15) is 13.8 Å². The average molecular weight is 222 g/mol. The van der Waals surface area contributed by atoms with Crippen molar-refractivity contribution in [1.82, 2.24) is 9.03 Å². The Morgan fingerprint density at radius 3 is 2.57 bits per heavy atom. The molecule has 0 aromatic heterocycles. The molecule has 1 heterocycles. The quantitative estimate of drug-likeness (QED) is 0.657. The molecule has 7 heteroatoms. The van der Waals surface area contributed by atoms with Gasteiger partial charge in [-0.2, -0.15) is 17.4 Å². The van der Waals surface area contributed by atoms with Gasteiger partial charge in [0, 0.05) is 13.1 Å². The van der Waals surface area contributed by atoms with Crippen molar-refractivity contribution in [2.75, 3.05) is 13.1 Å². The van der Waals surface area contributed by atoms with E-state index in [4.69, 9.17) is 5.11 Å². The summed E-state index contributed by atoms with van der Waals surface area (Å²) in [6.07, 6.45) is 0. The Morgan fingerprint density at radius 2 is 2.21 bits per heavy atom. The summed E-state index contributed by atoms with van der Waals surface area (Å²) in [5.41, 5.74) is 0. The molecular weight excluding hydrogens is 208 g/mol. The SMILES string of the molecule is CC(C)CN1CC(C(=O)O)NS1(=O)=O. The smallest absolute Gasteiger partial charge is 0.323 e. The van der Waals surface area contributed by atoms with Crippen LogP contribution in [0.5, 0.6) is 0 Å². The number of rotatable bonds is 3. The third-order valence-electron chi connectivity index (χ3n) is 1.88. The molecule has 2 N–H and O–H groups in total. The fourth-order valence-corrected chi connectivity index (χ4v) is 2.83. The van der Waals surface area contributed by atoms with E-state index < -0.39 is 22.2 Å². The van der Waals surface area contributed by atoms with E-state index in [2.05, 4.69) is 4.72 Å². The van der Waals surface area contributed by atoms with Gasteiger partial charge >= 0.3 is 5.97 Å². The van der Waals surface area contributed by atoms with Gasteiger partial charge < -0.3 is 5.11 Å². The summed E-state index contributed by atoms with van der Waals surface area (Å²) in [7, 11) is -3.57. The van der Waals surface area contributed by atoms with Crippen molar-refractivity contribution in [2.24, 2.45) is 5.92 Å². The zero-order valence-corrected chi connectivity index (χ0v) is 8.91. The molecule has 0 aromatic carbocycles. The van der Waals surface area contributed by atoms with E-state index in [0.717, 1.165) is 4.31 Å². The summed E-state index contributed by atoms with van der Waals surface area (Å²) in [5.74, 6) is -0.959. The third-order valence-corrected chi connectivity index (χ3v) is 3.44. The summed E-state index contributed by atoms with van der Waals surface area (Å²) in [4.78, 5) is 10.6. The summed E-state index contributed by atoms with van der Waals surface area (Å²) >= 11 is 0. The molecule has 1 fully saturated rings. The van der Waals surface area contributed by atoms with Gasteiger partial charge in [-0.3, -0.25) is 4.79 Å². The molecule has 0 bridgehead atoms. The number of carboxylic acid groups (broad SMARTS) is 1. The van der Waals surface area contributed by atoms with E-state index in [-0.39, 0.29) is 12.5 Å². The first-order valence-electron chi connectivity index (χ1n) is 4.33. The molecule has 0 saturated carbocycles.